The van der Waals surface area contributed by atoms with Crippen molar-refractivity contribution >= 4 is 43.7 Å². The molecule has 0 bridgehead atoms. The van der Waals surface area contributed by atoms with Gasteiger partial charge in [-0.15, -0.1) is 0 Å². The fourth-order valence-corrected chi connectivity index (χ4v) is 7.18. The van der Waals surface area contributed by atoms with Gasteiger partial charge in [0, 0.05) is 27.1 Å². The van der Waals surface area contributed by atoms with Gasteiger partial charge in [0.15, 0.2) is 11.6 Å². The molecule has 0 unspecified atom stereocenters. The van der Waals surface area contributed by atoms with Crippen LogP contribution in [-0.4, -0.2) is 19.5 Å². The largest absolute Gasteiger partial charge is 0.455 e. The van der Waals surface area contributed by atoms with Crippen molar-refractivity contribution in [3.8, 4) is 51.0 Å². The quantitative estimate of drug-likeness (QED) is 0.188. The average molecular weight is 641 g/mol. The Balaban J connectivity index is 1.24. The maximum absolute atomic E-state index is 6.60. The molecule has 0 saturated heterocycles. The molecule has 50 heavy (non-hydrogen) atoms. The van der Waals surface area contributed by atoms with E-state index in [2.05, 4.69) is 132 Å². The van der Waals surface area contributed by atoms with Crippen LogP contribution in [0.25, 0.3) is 94.7 Å². The lowest BCUT2D eigenvalue weighted by molar-refractivity contribution is 0.669. The highest BCUT2D eigenvalue weighted by atomic mass is 16.3. The standard InChI is InChI=1S/C45H28N4O/c1-4-14-29(15-5-1)32-26-27-40-37(28-32)34-22-12-23-36(42(34)50-40)44-46-43(31-18-8-3-9-19-31)47-45(48-44)49-38-24-11-10-20-35(38)41-33(21-13-25-39(41)49)30-16-6-2-7-17-30/h1-28H. The van der Waals surface area contributed by atoms with E-state index in [4.69, 9.17) is 19.4 Å². The van der Waals surface area contributed by atoms with Crippen molar-refractivity contribution in [2.75, 3.05) is 0 Å². The Morgan fingerprint density at radius 2 is 1.02 bits per heavy atom. The third kappa shape index (κ3) is 4.52. The van der Waals surface area contributed by atoms with Crippen LogP contribution in [0.4, 0.5) is 0 Å². The molecule has 0 radical (unpaired) electrons. The maximum Gasteiger partial charge on any atom is 0.238 e. The van der Waals surface area contributed by atoms with Crippen LogP contribution in [0.2, 0.25) is 0 Å². The van der Waals surface area contributed by atoms with Gasteiger partial charge in [0.05, 0.1) is 16.6 Å². The second kappa shape index (κ2) is 11.4. The van der Waals surface area contributed by atoms with Gasteiger partial charge in [0.25, 0.3) is 0 Å². The van der Waals surface area contributed by atoms with Crippen LogP contribution >= 0.6 is 0 Å². The van der Waals surface area contributed by atoms with Gasteiger partial charge in [0.2, 0.25) is 5.95 Å². The number of furan rings is 1. The van der Waals surface area contributed by atoms with E-state index < -0.39 is 0 Å². The van der Waals surface area contributed by atoms with Crippen molar-refractivity contribution < 1.29 is 4.42 Å². The minimum absolute atomic E-state index is 0.546. The molecule has 10 rings (SSSR count). The summed E-state index contributed by atoms with van der Waals surface area (Å²) in [4.78, 5) is 15.5. The number of fused-ring (bicyclic) bond motifs is 6. The molecule has 0 atom stereocenters. The van der Waals surface area contributed by atoms with Crippen molar-refractivity contribution in [3.05, 3.63) is 170 Å². The van der Waals surface area contributed by atoms with Crippen molar-refractivity contribution in [1.82, 2.24) is 19.5 Å². The van der Waals surface area contributed by atoms with Crippen LogP contribution in [0.1, 0.15) is 0 Å². The fourth-order valence-electron chi connectivity index (χ4n) is 7.18. The molecule has 5 heteroatoms. The first-order valence-corrected chi connectivity index (χ1v) is 16.7. The Labute approximate surface area is 287 Å². The second-order valence-electron chi connectivity index (χ2n) is 12.4. The zero-order chi connectivity index (χ0) is 33.0. The van der Waals surface area contributed by atoms with Crippen molar-refractivity contribution in [3.63, 3.8) is 0 Å². The monoisotopic (exact) mass is 640 g/mol. The van der Waals surface area contributed by atoms with Crippen molar-refractivity contribution in [2.24, 2.45) is 0 Å². The van der Waals surface area contributed by atoms with Crippen molar-refractivity contribution in [1.29, 1.82) is 0 Å². The van der Waals surface area contributed by atoms with Gasteiger partial charge in [-0.05, 0) is 52.6 Å². The molecule has 0 aliphatic carbocycles. The number of aromatic nitrogens is 4. The molecule has 0 aliphatic rings. The Kier molecular flexibility index (Phi) is 6.42. The summed E-state index contributed by atoms with van der Waals surface area (Å²) >= 11 is 0. The SMILES string of the molecule is c1ccc(-c2ccc3oc4c(-c5nc(-c6ccccc6)nc(-n6c7ccccc7c7c(-c8ccccc8)cccc76)n5)cccc4c3c2)cc1. The lowest BCUT2D eigenvalue weighted by Gasteiger charge is -2.11. The van der Waals surface area contributed by atoms with E-state index in [-0.39, 0.29) is 0 Å². The average Bonchev–Trinajstić information content (AvgIpc) is 3.74. The molecule has 0 amide bonds. The molecule has 3 aromatic heterocycles. The highest BCUT2D eigenvalue weighted by Crippen LogP contribution is 2.40. The molecule has 10 aromatic rings. The Bertz CT molecular complexity index is 2860. The summed E-state index contributed by atoms with van der Waals surface area (Å²) in [6.07, 6.45) is 0. The van der Waals surface area contributed by atoms with E-state index in [0.29, 0.717) is 17.6 Å². The molecule has 0 fully saturated rings. The van der Waals surface area contributed by atoms with E-state index in [1.807, 2.05) is 42.5 Å². The molecule has 3 heterocycles. The Morgan fingerprint density at radius 1 is 0.400 bits per heavy atom. The first-order valence-electron chi connectivity index (χ1n) is 16.7. The Morgan fingerprint density at radius 3 is 1.82 bits per heavy atom. The van der Waals surface area contributed by atoms with Gasteiger partial charge in [-0.25, -0.2) is 4.98 Å². The minimum Gasteiger partial charge on any atom is -0.455 e. The first kappa shape index (κ1) is 28.2. The highest BCUT2D eigenvalue weighted by molar-refractivity contribution is 6.15. The lowest BCUT2D eigenvalue weighted by Crippen LogP contribution is -2.06. The first-order chi connectivity index (χ1) is 24.8. The van der Waals surface area contributed by atoms with E-state index in [9.17, 15) is 0 Å². The van der Waals surface area contributed by atoms with Crippen LogP contribution in [0, 0.1) is 0 Å². The predicted molar refractivity (Wildman–Crippen MR) is 203 cm³/mol. The van der Waals surface area contributed by atoms with Crippen LogP contribution < -0.4 is 0 Å². The van der Waals surface area contributed by atoms with Crippen LogP contribution in [-0.2, 0) is 0 Å². The molecular formula is C45H28N4O. The van der Waals surface area contributed by atoms with Crippen LogP contribution in [0.5, 0.6) is 0 Å². The zero-order valence-electron chi connectivity index (χ0n) is 26.9. The molecule has 0 N–H and O–H groups in total. The number of hydrogen-bond donors (Lipinski definition) is 0. The van der Waals surface area contributed by atoms with Gasteiger partial charge >= 0.3 is 0 Å². The maximum atomic E-state index is 6.60. The zero-order valence-corrected chi connectivity index (χ0v) is 26.9. The molecule has 7 aromatic carbocycles. The van der Waals surface area contributed by atoms with Gasteiger partial charge in [-0.2, -0.15) is 9.97 Å². The normalized spacial score (nSPS) is 11.6. The van der Waals surface area contributed by atoms with Gasteiger partial charge in [0.1, 0.15) is 11.2 Å². The van der Waals surface area contributed by atoms with E-state index in [0.717, 1.165) is 77.1 Å². The number of nitrogens with zero attached hydrogens (tertiary/aromatic N) is 4. The third-order valence-electron chi connectivity index (χ3n) is 9.48. The van der Waals surface area contributed by atoms with Crippen LogP contribution in [0.15, 0.2) is 174 Å². The summed E-state index contributed by atoms with van der Waals surface area (Å²) in [5.74, 6) is 1.69. The summed E-state index contributed by atoms with van der Waals surface area (Å²) in [5.41, 5.74) is 9.97. The lowest BCUT2D eigenvalue weighted by atomic mass is 9.99. The number of benzene rings is 7. The van der Waals surface area contributed by atoms with E-state index >= 15 is 0 Å². The van der Waals surface area contributed by atoms with Gasteiger partial charge in [-0.3, -0.25) is 4.57 Å². The summed E-state index contributed by atoms with van der Waals surface area (Å²) in [6, 6.07) is 58.5. The molecule has 0 aliphatic heterocycles. The molecule has 5 nitrogen and oxygen atoms in total. The van der Waals surface area contributed by atoms with Gasteiger partial charge in [-0.1, -0.05) is 140 Å². The van der Waals surface area contributed by atoms with E-state index in [1.54, 1.807) is 0 Å². The molecular weight excluding hydrogens is 613 g/mol. The Hall–Kier alpha value is -6.85. The van der Waals surface area contributed by atoms with Crippen molar-refractivity contribution in [2.45, 2.75) is 0 Å². The van der Waals surface area contributed by atoms with Crippen LogP contribution in [0.3, 0.4) is 0 Å². The topological polar surface area (TPSA) is 56.7 Å². The number of para-hydroxylation sites is 2. The highest BCUT2D eigenvalue weighted by Gasteiger charge is 2.21. The second-order valence-corrected chi connectivity index (χ2v) is 12.4. The number of hydrogen-bond acceptors (Lipinski definition) is 4. The van der Waals surface area contributed by atoms with E-state index in [1.165, 1.54) is 0 Å². The smallest absolute Gasteiger partial charge is 0.238 e. The van der Waals surface area contributed by atoms with Gasteiger partial charge < -0.3 is 4.42 Å². The number of rotatable bonds is 5. The molecule has 0 saturated carbocycles. The molecule has 234 valence electrons. The summed E-state index contributed by atoms with van der Waals surface area (Å²) in [7, 11) is 0. The molecule has 0 spiro atoms. The third-order valence-corrected chi connectivity index (χ3v) is 9.48. The summed E-state index contributed by atoms with van der Waals surface area (Å²) in [5, 5.41) is 4.37. The summed E-state index contributed by atoms with van der Waals surface area (Å²) < 4.78 is 8.77. The predicted octanol–water partition coefficient (Wildman–Crippen LogP) is 11.5. The summed E-state index contributed by atoms with van der Waals surface area (Å²) in [6.45, 7) is 0. The fraction of sp³-hybridized carbons (Fsp3) is 0. The minimum atomic E-state index is 0.546.